The molecule has 0 spiro atoms. The van der Waals surface area contributed by atoms with Gasteiger partial charge in [-0.25, -0.2) is 0 Å². The number of nitrogens with zero attached hydrogens (tertiary/aromatic N) is 1. The molecule has 1 heterocycles. The maximum atomic E-state index is 13.7. The van der Waals surface area contributed by atoms with Crippen LogP contribution >= 0.6 is 0 Å². The van der Waals surface area contributed by atoms with E-state index in [0.29, 0.717) is 12.0 Å². The number of fused-ring (bicyclic) bond motifs is 3. The Morgan fingerprint density at radius 1 is 1.23 bits per heavy atom. The predicted molar refractivity (Wildman–Crippen MR) is 124 cm³/mol. The van der Waals surface area contributed by atoms with E-state index in [1.165, 1.54) is 7.05 Å². The lowest BCUT2D eigenvalue weighted by molar-refractivity contribution is -0.150. The van der Waals surface area contributed by atoms with Crippen molar-refractivity contribution in [3.8, 4) is 5.75 Å². The molecule has 0 bridgehead atoms. The number of ketones is 2. The van der Waals surface area contributed by atoms with Gasteiger partial charge in [-0.15, -0.1) is 0 Å². The first kappa shape index (κ1) is 23.5. The smallest absolute Gasteiger partial charge is 0.255 e. The van der Waals surface area contributed by atoms with Crippen molar-refractivity contribution in [2.45, 2.75) is 43.4 Å². The van der Waals surface area contributed by atoms with Crippen LogP contribution in [0.1, 0.15) is 42.0 Å². The Hall–Kier alpha value is -3.21. The number of carbonyl (C=O) groups excluding carboxylic acids is 3. The number of nitrogens with two attached hydrogens (primary N) is 1. The number of aliphatic hydroxyl groups excluding tert-OH is 2. The molecule has 1 saturated heterocycles. The number of carbonyl (C=O) groups is 3. The van der Waals surface area contributed by atoms with Gasteiger partial charge in [0.2, 0.25) is 5.78 Å². The third-order valence-corrected chi connectivity index (χ3v) is 8.25. The molecule has 186 valence electrons. The van der Waals surface area contributed by atoms with Crippen molar-refractivity contribution >= 4 is 23.2 Å². The number of nitrogens with one attached hydrogen (secondary N) is 1. The van der Waals surface area contributed by atoms with Gasteiger partial charge < -0.3 is 31.5 Å². The van der Waals surface area contributed by atoms with Crippen LogP contribution in [-0.2, 0) is 20.8 Å². The highest BCUT2D eigenvalue weighted by Gasteiger charge is 2.63. The van der Waals surface area contributed by atoms with Gasteiger partial charge in [0.1, 0.15) is 22.8 Å². The molecule has 4 aliphatic rings. The van der Waals surface area contributed by atoms with E-state index in [1.807, 2.05) is 13.1 Å². The highest BCUT2D eigenvalue weighted by molar-refractivity contribution is 6.24. The van der Waals surface area contributed by atoms with Crippen LogP contribution in [0.15, 0.2) is 29.0 Å². The Morgan fingerprint density at radius 2 is 1.94 bits per heavy atom. The van der Waals surface area contributed by atoms with E-state index < -0.39 is 58.0 Å². The van der Waals surface area contributed by atoms with Crippen LogP contribution < -0.4 is 11.1 Å². The van der Waals surface area contributed by atoms with Gasteiger partial charge in [0.15, 0.2) is 11.4 Å². The third-order valence-electron chi connectivity index (χ3n) is 8.25. The lowest BCUT2D eigenvalue weighted by Gasteiger charge is -2.48. The molecule has 5 rings (SSSR count). The number of likely N-dealkylation sites (N-methyl/N-ethyl adjacent to an activating group) is 1. The van der Waals surface area contributed by atoms with Gasteiger partial charge in [-0.2, -0.15) is 0 Å². The number of Topliss-reactive ketones (excluding diaryl/α,β-unsaturated/α-hetero) is 2. The van der Waals surface area contributed by atoms with Gasteiger partial charge in [-0.1, -0.05) is 6.07 Å². The first-order chi connectivity index (χ1) is 16.5. The molecule has 1 saturated carbocycles. The summed E-state index contributed by atoms with van der Waals surface area (Å²) >= 11 is 0. The molecule has 1 aromatic rings. The molecule has 0 aromatic heterocycles. The number of hydrogen-bond donors (Lipinski definition) is 6. The molecule has 1 aliphatic heterocycles. The Balaban J connectivity index is 1.66. The predicted octanol–water partition coefficient (Wildman–Crippen LogP) is 0.389. The molecular formula is C25H29N3O7. The number of phenols is 1. The number of likely N-dealkylation sites (tertiary alicyclic amines) is 1. The fourth-order valence-corrected chi connectivity index (χ4v) is 6.58. The van der Waals surface area contributed by atoms with Crippen LogP contribution in [0.4, 0.5) is 0 Å². The number of primary amides is 1. The first-order valence-electron chi connectivity index (χ1n) is 11.7. The maximum absolute atomic E-state index is 13.7. The van der Waals surface area contributed by atoms with Crippen molar-refractivity contribution in [3.05, 3.63) is 45.7 Å². The van der Waals surface area contributed by atoms with Gasteiger partial charge in [0, 0.05) is 17.5 Å². The second-order valence-corrected chi connectivity index (χ2v) is 10.0. The highest BCUT2D eigenvalue weighted by atomic mass is 16.3. The molecule has 10 heteroatoms. The molecule has 1 amide bonds. The van der Waals surface area contributed by atoms with E-state index in [9.17, 15) is 34.8 Å². The van der Waals surface area contributed by atoms with E-state index >= 15 is 0 Å². The molecule has 5 atom stereocenters. The summed E-state index contributed by atoms with van der Waals surface area (Å²) in [5.74, 6) is -6.45. The van der Waals surface area contributed by atoms with Crippen LogP contribution in [0.5, 0.6) is 5.75 Å². The SMILES string of the molecule is CN[C@@H]1C(=O)C(C(N)=O)=C(O)[C@@]2(O)C(=O)C3=C(O)c4c(O)cc(C5CCCN5C)cc4C[C@H]3C[C@@H]12. The Labute approximate surface area is 201 Å². The summed E-state index contributed by atoms with van der Waals surface area (Å²) in [6.07, 6.45) is 2.35. The summed E-state index contributed by atoms with van der Waals surface area (Å²) in [5, 5.41) is 47.0. The number of amides is 1. The van der Waals surface area contributed by atoms with Crippen LogP contribution in [-0.4, -0.2) is 75.1 Å². The maximum Gasteiger partial charge on any atom is 0.255 e. The Bertz CT molecular complexity index is 1240. The van der Waals surface area contributed by atoms with Gasteiger partial charge in [-0.3, -0.25) is 19.3 Å². The molecule has 1 unspecified atom stereocenters. The van der Waals surface area contributed by atoms with Crippen molar-refractivity contribution in [3.63, 3.8) is 0 Å². The molecule has 7 N–H and O–H groups in total. The van der Waals surface area contributed by atoms with Gasteiger partial charge in [-0.05, 0) is 69.4 Å². The minimum Gasteiger partial charge on any atom is -0.508 e. The Morgan fingerprint density at radius 3 is 2.54 bits per heavy atom. The van der Waals surface area contributed by atoms with E-state index in [1.54, 1.807) is 6.07 Å². The zero-order chi connectivity index (χ0) is 25.4. The Kier molecular flexibility index (Phi) is 5.31. The monoisotopic (exact) mass is 483 g/mol. The van der Waals surface area contributed by atoms with Crippen LogP contribution in [0.25, 0.3) is 5.76 Å². The van der Waals surface area contributed by atoms with Crippen LogP contribution in [0, 0.1) is 11.8 Å². The zero-order valence-electron chi connectivity index (χ0n) is 19.5. The lowest BCUT2D eigenvalue weighted by Crippen LogP contribution is -2.65. The fourth-order valence-electron chi connectivity index (χ4n) is 6.58. The van der Waals surface area contributed by atoms with E-state index in [0.717, 1.165) is 24.9 Å². The fraction of sp³-hybridized carbons (Fsp3) is 0.480. The molecule has 2 fully saturated rings. The summed E-state index contributed by atoms with van der Waals surface area (Å²) in [5.41, 5.74) is 3.40. The van der Waals surface area contributed by atoms with E-state index in [-0.39, 0.29) is 29.3 Å². The topological polar surface area (TPSA) is 173 Å². The number of hydrogen-bond acceptors (Lipinski definition) is 9. The molecule has 3 aliphatic carbocycles. The van der Waals surface area contributed by atoms with Crippen molar-refractivity contribution in [1.29, 1.82) is 0 Å². The van der Waals surface area contributed by atoms with Crippen LogP contribution in [0.3, 0.4) is 0 Å². The third kappa shape index (κ3) is 3.10. The molecule has 1 aromatic carbocycles. The van der Waals surface area contributed by atoms with Crippen molar-refractivity contribution in [2.24, 2.45) is 17.6 Å². The molecule has 10 nitrogen and oxygen atoms in total. The highest BCUT2D eigenvalue weighted by Crippen LogP contribution is 2.52. The summed E-state index contributed by atoms with van der Waals surface area (Å²) < 4.78 is 0. The molecule has 35 heavy (non-hydrogen) atoms. The largest absolute Gasteiger partial charge is 0.508 e. The van der Waals surface area contributed by atoms with E-state index in [2.05, 4.69) is 10.2 Å². The summed E-state index contributed by atoms with van der Waals surface area (Å²) in [4.78, 5) is 40.7. The number of rotatable bonds is 3. The van der Waals surface area contributed by atoms with Gasteiger partial charge in [0.25, 0.3) is 5.91 Å². The lowest BCUT2D eigenvalue weighted by atomic mass is 9.57. The van der Waals surface area contributed by atoms with Gasteiger partial charge in [0.05, 0.1) is 11.6 Å². The van der Waals surface area contributed by atoms with Crippen molar-refractivity contribution in [2.75, 3.05) is 20.6 Å². The minimum atomic E-state index is -2.62. The van der Waals surface area contributed by atoms with E-state index in [4.69, 9.17) is 5.73 Å². The second kappa shape index (κ2) is 7.91. The number of phenolic OH excluding ortho intramolecular Hbond substituents is 1. The van der Waals surface area contributed by atoms with Gasteiger partial charge >= 0.3 is 0 Å². The first-order valence-corrected chi connectivity index (χ1v) is 11.7. The average molecular weight is 484 g/mol. The minimum absolute atomic E-state index is 0.0722. The molecule has 0 radical (unpaired) electrons. The van der Waals surface area contributed by atoms with Crippen LogP contribution in [0.2, 0.25) is 0 Å². The van der Waals surface area contributed by atoms with Crippen molar-refractivity contribution < 1.29 is 34.8 Å². The summed E-state index contributed by atoms with van der Waals surface area (Å²) in [6.45, 7) is 0.943. The normalized spacial score (nSPS) is 33.0. The standard InChI is InChI=1S/C25H29N3O7/c1-27-19-13-8-12-7-11-6-10(14-4-3-5-28(14)2)9-15(29)16(11)20(30)17(12)22(32)25(13,35)23(33)18(21(19)31)24(26)34/h6,9,12-14,19,27,29-30,33,35H,3-5,7-8H2,1-2H3,(H2,26,34)/t12-,13-,14?,19-,25-/m0/s1. The quantitative estimate of drug-likeness (QED) is 0.332. The average Bonchev–Trinajstić information content (AvgIpc) is 3.22. The number of aliphatic hydroxyl groups is 3. The second-order valence-electron chi connectivity index (χ2n) is 10.0. The summed E-state index contributed by atoms with van der Waals surface area (Å²) in [6, 6.07) is 2.52. The summed E-state index contributed by atoms with van der Waals surface area (Å²) in [7, 11) is 3.47. The molecular weight excluding hydrogens is 454 g/mol. The van der Waals surface area contributed by atoms with Crippen molar-refractivity contribution in [1.82, 2.24) is 10.2 Å². The number of aromatic hydroxyl groups is 1. The zero-order valence-corrected chi connectivity index (χ0v) is 19.5. The number of benzene rings is 1.